The van der Waals surface area contributed by atoms with Crippen LogP contribution in [0.1, 0.15) is 21.5 Å². The molecule has 0 saturated heterocycles. The number of aryl methyl sites for hydroxylation is 1. The van der Waals surface area contributed by atoms with Crippen LogP contribution in [0.5, 0.6) is 0 Å². The molecule has 0 N–H and O–H groups in total. The van der Waals surface area contributed by atoms with Crippen molar-refractivity contribution in [3.8, 4) is 6.07 Å². The Kier molecular flexibility index (Phi) is 3.90. The van der Waals surface area contributed by atoms with E-state index >= 15 is 0 Å². The molecule has 0 aliphatic carbocycles. The normalized spacial score (nSPS) is 9.57. The zero-order valence-corrected chi connectivity index (χ0v) is 10.4. The van der Waals surface area contributed by atoms with Crippen LogP contribution in [0.25, 0.3) is 0 Å². The van der Waals surface area contributed by atoms with Crippen LogP contribution in [0, 0.1) is 21.8 Å². The highest BCUT2D eigenvalue weighted by molar-refractivity contribution is 14.1. The van der Waals surface area contributed by atoms with Gasteiger partial charge < -0.3 is 0 Å². The van der Waals surface area contributed by atoms with Crippen LogP contribution in [-0.4, -0.2) is 11.7 Å². The van der Waals surface area contributed by atoms with Gasteiger partial charge in [0.05, 0.1) is 11.4 Å². The summed E-state index contributed by atoms with van der Waals surface area (Å²) in [5.74, 6) is -0.283. The van der Waals surface area contributed by atoms with Crippen LogP contribution < -0.4 is 0 Å². The molecule has 0 fully saturated rings. The van der Waals surface area contributed by atoms with E-state index in [1.54, 1.807) is 6.92 Å². The second-order valence-electron chi connectivity index (χ2n) is 2.78. The number of rotatable bonds is 2. The van der Waals surface area contributed by atoms with E-state index in [9.17, 15) is 4.79 Å². The fraction of sp³-hybridized carbons (Fsp3) is 0.200. The Balaban J connectivity index is 3.47. The lowest BCUT2D eigenvalue weighted by Crippen LogP contribution is -2.07. The Morgan fingerprint density at radius 2 is 2.29 bits per heavy atom. The van der Waals surface area contributed by atoms with Crippen molar-refractivity contribution < 1.29 is 4.79 Å². The summed E-state index contributed by atoms with van der Waals surface area (Å²) in [5, 5.41) is 8.92. The third kappa shape index (κ3) is 2.07. The molecule has 1 aromatic carbocycles. The van der Waals surface area contributed by atoms with Gasteiger partial charge in [-0.15, -0.1) is 11.6 Å². The number of nitriles is 1. The molecule has 0 saturated carbocycles. The summed E-state index contributed by atoms with van der Waals surface area (Å²) in [4.78, 5) is 11.5. The van der Waals surface area contributed by atoms with Gasteiger partial charge in [-0.1, -0.05) is 6.07 Å². The monoisotopic (exact) mass is 319 g/mol. The van der Waals surface area contributed by atoms with E-state index < -0.39 is 0 Å². The number of nitrogens with zero attached hydrogens (tertiary/aromatic N) is 1. The minimum Gasteiger partial charge on any atom is -0.293 e. The molecule has 0 aromatic heterocycles. The Labute approximate surface area is 101 Å². The maximum atomic E-state index is 11.5. The molecule has 72 valence electrons. The molecule has 0 heterocycles. The highest BCUT2D eigenvalue weighted by Crippen LogP contribution is 2.20. The first-order valence-corrected chi connectivity index (χ1v) is 5.51. The molecular weight excluding hydrogens is 312 g/mol. The molecule has 1 aromatic rings. The van der Waals surface area contributed by atoms with E-state index in [2.05, 4.69) is 0 Å². The number of carbonyl (C=O) groups excluding carboxylic acids is 1. The van der Waals surface area contributed by atoms with Gasteiger partial charge in [-0.3, -0.25) is 4.79 Å². The van der Waals surface area contributed by atoms with Gasteiger partial charge in [0, 0.05) is 9.13 Å². The minimum atomic E-state index is -0.195. The van der Waals surface area contributed by atoms with Crippen molar-refractivity contribution in [2.45, 2.75) is 6.92 Å². The summed E-state index contributed by atoms with van der Waals surface area (Å²) < 4.78 is 0.782. The van der Waals surface area contributed by atoms with Crippen LogP contribution in [0.15, 0.2) is 12.1 Å². The number of hydrogen-bond donors (Lipinski definition) is 0. The van der Waals surface area contributed by atoms with Gasteiger partial charge in [-0.2, -0.15) is 5.26 Å². The van der Waals surface area contributed by atoms with Crippen molar-refractivity contribution in [1.29, 1.82) is 5.26 Å². The Morgan fingerprint density at radius 1 is 1.64 bits per heavy atom. The third-order valence-corrected chi connectivity index (χ3v) is 3.02. The molecule has 0 spiro atoms. The lowest BCUT2D eigenvalue weighted by molar-refractivity contribution is 0.102. The number of ketones is 1. The molecule has 4 heteroatoms. The molecule has 2 nitrogen and oxygen atoms in total. The SMILES string of the molecule is Cc1ccc(I)c(C#N)c1C(=O)CCl. The first kappa shape index (κ1) is 11.5. The molecule has 0 unspecified atom stereocenters. The standard InChI is InChI=1S/C10H7ClINO/c1-6-2-3-8(12)7(5-13)10(6)9(14)4-11/h2-3H,4H2,1H3. The molecule has 0 aliphatic rings. The lowest BCUT2D eigenvalue weighted by Gasteiger charge is -2.06. The summed E-state index contributed by atoms with van der Waals surface area (Å²) in [6.45, 7) is 1.80. The largest absolute Gasteiger partial charge is 0.293 e. The fourth-order valence-electron chi connectivity index (χ4n) is 1.22. The Bertz CT molecular complexity index is 423. The van der Waals surface area contributed by atoms with Crippen molar-refractivity contribution >= 4 is 40.0 Å². The molecular formula is C10H7ClINO. The Morgan fingerprint density at radius 3 is 2.79 bits per heavy atom. The minimum absolute atomic E-state index is 0.0877. The second kappa shape index (κ2) is 4.76. The quantitative estimate of drug-likeness (QED) is 0.478. The van der Waals surface area contributed by atoms with Crippen LogP contribution in [-0.2, 0) is 0 Å². The predicted molar refractivity (Wildman–Crippen MR) is 63.7 cm³/mol. The zero-order valence-electron chi connectivity index (χ0n) is 7.47. The summed E-state index contributed by atoms with van der Waals surface area (Å²) in [7, 11) is 0. The number of benzene rings is 1. The summed E-state index contributed by atoms with van der Waals surface area (Å²) in [6.07, 6.45) is 0. The number of alkyl halides is 1. The average molecular weight is 320 g/mol. The van der Waals surface area contributed by atoms with Crippen LogP contribution in [0.2, 0.25) is 0 Å². The van der Waals surface area contributed by atoms with Crippen molar-refractivity contribution in [2.24, 2.45) is 0 Å². The Hall–Kier alpha value is -0.600. The van der Waals surface area contributed by atoms with E-state index in [0.717, 1.165) is 9.13 Å². The van der Waals surface area contributed by atoms with Crippen molar-refractivity contribution in [2.75, 3.05) is 5.88 Å². The number of halogens is 2. The predicted octanol–water partition coefficient (Wildman–Crippen LogP) is 2.89. The van der Waals surface area contributed by atoms with E-state index in [1.807, 2.05) is 40.8 Å². The van der Waals surface area contributed by atoms with Gasteiger partial charge in [-0.05, 0) is 41.1 Å². The van der Waals surface area contributed by atoms with Gasteiger partial charge in [0.15, 0.2) is 5.78 Å². The molecule has 14 heavy (non-hydrogen) atoms. The van der Waals surface area contributed by atoms with Gasteiger partial charge in [0.1, 0.15) is 6.07 Å². The topological polar surface area (TPSA) is 40.9 Å². The number of Topliss-reactive ketones (excluding diaryl/α,β-unsaturated/α-hetero) is 1. The maximum Gasteiger partial charge on any atom is 0.179 e. The molecule has 0 atom stereocenters. The molecule has 0 amide bonds. The van der Waals surface area contributed by atoms with Crippen LogP contribution >= 0.6 is 34.2 Å². The second-order valence-corrected chi connectivity index (χ2v) is 4.21. The van der Waals surface area contributed by atoms with E-state index in [1.165, 1.54) is 0 Å². The molecule has 1 rings (SSSR count). The van der Waals surface area contributed by atoms with Crippen LogP contribution in [0.3, 0.4) is 0 Å². The number of carbonyl (C=O) groups is 1. The average Bonchev–Trinajstić information content (AvgIpc) is 2.19. The maximum absolute atomic E-state index is 11.5. The van der Waals surface area contributed by atoms with E-state index in [-0.39, 0.29) is 11.7 Å². The molecule has 0 radical (unpaired) electrons. The summed E-state index contributed by atoms with van der Waals surface area (Å²) in [6, 6.07) is 5.67. The highest BCUT2D eigenvalue weighted by atomic mass is 127. The summed E-state index contributed by atoms with van der Waals surface area (Å²) in [5.41, 5.74) is 1.68. The van der Waals surface area contributed by atoms with E-state index in [0.29, 0.717) is 11.1 Å². The zero-order chi connectivity index (χ0) is 10.7. The molecule has 0 aliphatic heterocycles. The van der Waals surface area contributed by atoms with Crippen molar-refractivity contribution in [3.63, 3.8) is 0 Å². The number of hydrogen-bond acceptors (Lipinski definition) is 2. The van der Waals surface area contributed by atoms with Gasteiger partial charge in [0.25, 0.3) is 0 Å². The first-order chi connectivity index (χ1) is 6.61. The van der Waals surface area contributed by atoms with Gasteiger partial charge >= 0.3 is 0 Å². The lowest BCUT2D eigenvalue weighted by atomic mass is 10.00. The van der Waals surface area contributed by atoms with Gasteiger partial charge in [0.2, 0.25) is 0 Å². The van der Waals surface area contributed by atoms with Crippen LogP contribution in [0.4, 0.5) is 0 Å². The highest BCUT2D eigenvalue weighted by Gasteiger charge is 2.15. The smallest absolute Gasteiger partial charge is 0.179 e. The van der Waals surface area contributed by atoms with E-state index in [4.69, 9.17) is 16.9 Å². The van der Waals surface area contributed by atoms with Gasteiger partial charge in [-0.25, -0.2) is 0 Å². The van der Waals surface area contributed by atoms with Crippen molar-refractivity contribution in [3.05, 3.63) is 32.4 Å². The fourth-order valence-corrected chi connectivity index (χ4v) is 1.92. The summed E-state index contributed by atoms with van der Waals surface area (Å²) >= 11 is 7.51. The molecule has 0 bridgehead atoms. The van der Waals surface area contributed by atoms with Crippen molar-refractivity contribution in [1.82, 2.24) is 0 Å². The third-order valence-electron chi connectivity index (χ3n) is 1.87. The first-order valence-electron chi connectivity index (χ1n) is 3.90.